The minimum absolute atomic E-state index is 0.324. The van der Waals surface area contributed by atoms with Crippen LogP contribution >= 0.6 is 0 Å². The van der Waals surface area contributed by atoms with E-state index in [1.165, 1.54) is 153 Å². The standard InChI is InChI=1S/C33H67NO3/c1-4-7-9-11-13-15-17-18-19-20-21-22-24-26-28-30-32-37-34(33(35)36-6-3)31-29-27-25-23-16-14-12-10-8-5-2/h4-32H2,1-3H3. The molecule has 0 N–H and O–H groups in total. The summed E-state index contributed by atoms with van der Waals surface area (Å²) in [4.78, 5) is 18.0. The number of hydrogen-bond acceptors (Lipinski definition) is 3. The average Bonchev–Trinajstić information content (AvgIpc) is 2.90. The normalized spacial score (nSPS) is 11.2. The van der Waals surface area contributed by atoms with Gasteiger partial charge in [0.2, 0.25) is 0 Å². The van der Waals surface area contributed by atoms with Crippen molar-refractivity contribution in [3.8, 4) is 0 Å². The molecule has 222 valence electrons. The van der Waals surface area contributed by atoms with Crippen molar-refractivity contribution in [2.45, 2.75) is 188 Å². The third-order valence-corrected chi connectivity index (χ3v) is 7.43. The molecule has 4 nitrogen and oxygen atoms in total. The van der Waals surface area contributed by atoms with E-state index in [-0.39, 0.29) is 6.09 Å². The van der Waals surface area contributed by atoms with Crippen molar-refractivity contribution in [1.82, 2.24) is 5.06 Å². The van der Waals surface area contributed by atoms with E-state index in [0.29, 0.717) is 19.8 Å². The molecule has 0 bridgehead atoms. The molecule has 0 aromatic heterocycles. The summed E-state index contributed by atoms with van der Waals surface area (Å²) >= 11 is 0. The first-order valence-corrected chi connectivity index (χ1v) is 16.8. The summed E-state index contributed by atoms with van der Waals surface area (Å²) < 4.78 is 5.19. The molecule has 0 aliphatic heterocycles. The Hall–Kier alpha value is -0.770. The lowest BCUT2D eigenvalue weighted by molar-refractivity contribution is -0.137. The molecule has 0 spiro atoms. The highest BCUT2D eigenvalue weighted by atomic mass is 16.7. The lowest BCUT2D eigenvalue weighted by Crippen LogP contribution is -2.33. The van der Waals surface area contributed by atoms with Crippen molar-refractivity contribution in [3.63, 3.8) is 0 Å². The molecule has 37 heavy (non-hydrogen) atoms. The molecule has 4 heteroatoms. The zero-order valence-electron chi connectivity index (χ0n) is 25.7. The van der Waals surface area contributed by atoms with Gasteiger partial charge in [0.05, 0.1) is 19.8 Å². The summed E-state index contributed by atoms with van der Waals surface area (Å²) in [5, 5.41) is 1.47. The predicted molar refractivity (Wildman–Crippen MR) is 161 cm³/mol. The quantitative estimate of drug-likeness (QED) is 0.0691. The number of carbonyl (C=O) groups is 1. The van der Waals surface area contributed by atoms with Crippen LogP contribution in [0.4, 0.5) is 4.79 Å². The maximum atomic E-state index is 12.2. The Labute approximate surface area is 233 Å². The molecule has 1 amide bonds. The van der Waals surface area contributed by atoms with Crippen molar-refractivity contribution < 1.29 is 14.4 Å². The first-order chi connectivity index (χ1) is 18.3. The van der Waals surface area contributed by atoms with Crippen LogP contribution in [0.2, 0.25) is 0 Å². The van der Waals surface area contributed by atoms with E-state index >= 15 is 0 Å². The van der Waals surface area contributed by atoms with Crippen molar-refractivity contribution in [2.75, 3.05) is 19.8 Å². The van der Waals surface area contributed by atoms with Crippen LogP contribution in [0.1, 0.15) is 188 Å². The van der Waals surface area contributed by atoms with Crippen LogP contribution in [0.3, 0.4) is 0 Å². The second-order valence-electron chi connectivity index (χ2n) is 11.1. The van der Waals surface area contributed by atoms with Gasteiger partial charge in [0.15, 0.2) is 0 Å². The zero-order valence-corrected chi connectivity index (χ0v) is 25.7. The van der Waals surface area contributed by atoms with Gasteiger partial charge in [-0.1, -0.05) is 168 Å². The Morgan fingerprint density at radius 2 is 0.784 bits per heavy atom. The van der Waals surface area contributed by atoms with Crippen molar-refractivity contribution in [1.29, 1.82) is 0 Å². The van der Waals surface area contributed by atoms with E-state index in [2.05, 4.69) is 13.8 Å². The lowest BCUT2D eigenvalue weighted by atomic mass is 10.0. The van der Waals surface area contributed by atoms with E-state index < -0.39 is 0 Å². The molecular weight excluding hydrogens is 458 g/mol. The molecule has 0 saturated heterocycles. The van der Waals surface area contributed by atoms with Crippen LogP contribution in [0.15, 0.2) is 0 Å². The average molecular weight is 526 g/mol. The summed E-state index contributed by atoms with van der Waals surface area (Å²) in [7, 11) is 0. The third-order valence-electron chi connectivity index (χ3n) is 7.43. The number of hydroxylamine groups is 2. The first-order valence-electron chi connectivity index (χ1n) is 16.8. The molecule has 0 aromatic rings. The van der Waals surface area contributed by atoms with E-state index in [1.54, 1.807) is 0 Å². The SMILES string of the molecule is CCCCCCCCCCCCCCCCCCON(CCCCCCCCCCCC)C(=O)OCC. The summed E-state index contributed by atoms with van der Waals surface area (Å²) in [5.41, 5.74) is 0. The van der Waals surface area contributed by atoms with Gasteiger partial charge in [-0.2, -0.15) is 5.06 Å². The fraction of sp³-hybridized carbons (Fsp3) is 0.970. The third kappa shape index (κ3) is 28.1. The number of ether oxygens (including phenoxy) is 1. The smallest absolute Gasteiger partial charge is 0.433 e. The maximum absolute atomic E-state index is 12.2. The summed E-state index contributed by atoms with van der Waals surface area (Å²) in [6.45, 7) is 8.08. The van der Waals surface area contributed by atoms with E-state index in [4.69, 9.17) is 9.57 Å². The van der Waals surface area contributed by atoms with Gasteiger partial charge >= 0.3 is 6.09 Å². The number of unbranched alkanes of at least 4 members (excludes halogenated alkanes) is 24. The van der Waals surface area contributed by atoms with Crippen LogP contribution in [0, 0.1) is 0 Å². The zero-order chi connectivity index (χ0) is 27.1. The van der Waals surface area contributed by atoms with Crippen molar-refractivity contribution >= 4 is 6.09 Å². The fourth-order valence-corrected chi connectivity index (χ4v) is 4.97. The number of hydrogen-bond donors (Lipinski definition) is 0. The Balaban J connectivity index is 3.58. The second-order valence-corrected chi connectivity index (χ2v) is 11.1. The molecular formula is C33H67NO3. The van der Waals surface area contributed by atoms with Gasteiger partial charge in [0.25, 0.3) is 0 Å². The fourth-order valence-electron chi connectivity index (χ4n) is 4.97. The van der Waals surface area contributed by atoms with E-state index in [1.807, 2.05) is 6.92 Å². The minimum atomic E-state index is -0.324. The topological polar surface area (TPSA) is 38.8 Å². The van der Waals surface area contributed by atoms with Gasteiger partial charge in [0.1, 0.15) is 0 Å². The van der Waals surface area contributed by atoms with E-state index in [0.717, 1.165) is 19.3 Å². The molecule has 0 rings (SSSR count). The molecule has 0 aromatic carbocycles. The van der Waals surface area contributed by atoms with E-state index in [9.17, 15) is 4.79 Å². The Morgan fingerprint density at radius 1 is 0.459 bits per heavy atom. The van der Waals surface area contributed by atoms with Crippen LogP contribution in [-0.2, 0) is 9.57 Å². The Bertz CT molecular complexity index is 443. The Kier molecular flexibility index (Phi) is 30.8. The number of carbonyl (C=O) groups excluding carboxylic acids is 1. The molecule has 0 aliphatic carbocycles. The number of amides is 1. The molecule has 0 radical (unpaired) electrons. The van der Waals surface area contributed by atoms with Crippen LogP contribution in [-0.4, -0.2) is 30.9 Å². The van der Waals surface area contributed by atoms with Gasteiger partial charge in [-0.25, -0.2) is 4.79 Å². The maximum Gasteiger partial charge on any atom is 0.433 e. The summed E-state index contributed by atoms with van der Waals surface area (Å²) in [5.74, 6) is 0. The number of rotatable bonds is 30. The van der Waals surface area contributed by atoms with Crippen LogP contribution in [0.5, 0.6) is 0 Å². The monoisotopic (exact) mass is 526 g/mol. The summed E-state index contributed by atoms with van der Waals surface area (Å²) in [6.07, 6.45) is 34.4. The van der Waals surface area contributed by atoms with Crippen molar-refractivity contribution in [2.24, 2.45) is 0 Å². The van der Waals surface area contributed by atoms with Crippen LogP contribution in [0.25, 0.3) is 0 Å². The second kappa shape index (κ2) is 31.4. The van der Waals surface area contributed by atoms with Gasteiger partial charge < -0.3 is 4.74 Å². The van der Waals surface area contributed by atoms with Gasteiger partial charge in [-0.3, -0.25) is 4.84 Å². The molecule has 0 fully saturated rings. The minimum Gasteiger partial charge on any atom is -0.448 e. The lowest BCUT2D eigenvalue weighted by Gasteiger charge is -2.21. The largest absolute Gasteiger partial charge is 0.448 e. The predicted octanol–water partition coefficient (Wildman–Crippen LogP) is 11.6. The highest BCUT2D eigenvalue weighted by Gasteiger charge is 2.14. The highest BCUT2D eigenvalue weighted by molar-refractivity contribution is 5.66. The Morgan fingerprint density at radius 3 is 1.14 bits per heavy atom. The van der Waals surface area contributed by atoms with Crippen LogP contribution < -0.4 is 0 Å². The van der Waals surface area contributed by atoms with Gasteiger partial charge in [-0.05, 0) is 19.8 Å². The molecule has 0 atom stereocenters. The molecule has 0 unspecified atom stereocenters. The summed E-state index contributed by atoms with van der Waals surface area (Å²) in [6, 6.07) is 0. The molecule has 0 heterocycles. The van der Waals surface area contributed by atoms with Crippen molar-refractivity contribution in [3.05, 3.63) is 0 Å². The molecule has 0 aliphatic rings. The molecule has 0 saturated carbocycles. The van der Waals surface area contributed by atoms with Gasteiger partial charge in [-0.15, -0.1) is 0 Å². The number of nitrogens with zero attached hydrogens (tertiary/aromatic N) is 1. The van der Waals surface area contributed by atoms with Gasteiger partial charge in [0, 0.05) is 0 Å². The highest BCUT2D eigenvalue weighted by Crippen LogP contribution is 2.14. The first kappa shape index (κ1) is 36.2.